The van der Waals surface area contributed by atoms with Crippen molar-refractivity contribution in [3.63, 3.8) is 0 Å². The van der Waals surface area contributed by atoms with E-state index in [0.29, 0.717) is 12.4 Å². The highest BCUT2D eigenvalue weighted by Crippen LogP contribution is 2.26. The fourth-order valence-electron chi connectivity index (χ4n) is 1.50. The smallest absolute Gasteiger partial charge is 0.360 e. The molecule has 0 aliphatic rings. The van der Waals surface area contributed by atoms with Gasteiger partial charge in [-0.15, -0.1) is 0 Å². The Bertz CT molecular complexity index is 542. The van der Waals surface area contributed by atoms with Crippen LogP contribution < -0.4 is 0 Å². The summed E-state index contributed by atoms with van der Waals surface area (Å²) in [6.07, 6.45) is 2.87. The van der Waals surface area contributed by atoms with E-state index in [2.05, 4.69) is 10.1 Å². The molecular weight excluding hydrogens is 222 g/mol. The number of hydrogen-bond donors (Lipinski definition) is 0. The van der Waals surface area contributed by atoms with Crippen LogP contribution in [0, 0.1) is 6.92 Å². The van der Waals surface area contributed by atoms with E-state index in [1.54, 1.807) is 17.8 Å². The van der Waals surface area contributed by atoms with Crippen LogP contribution in [0.3, 0.4) is 0 Å². The maximum absolute atomic E-state index is 11.6. The van der Waals surface area contributed by atoms with E-state index in [1.165, 1.54) is 6.39 Å². The number of carbonyl (C=O) groups excluding carboxylic acids is 1. The SMILES string of the molecule is CCOC(=O)c1ncoc1-c1cnn(C)c1C. The minimum Gasteiger partial charge on any atom is -0.461 e. The van der Waals surface area contributed by atoms with Crippen molar-refractivity contribution >= 4 is 5.97 Å². The zero-order chi connectivity index (χ0) is 12.4. The fraction of sp³-hybridized carbons (Fsp3) is 0.364. The van der Waals surface area contributed by atoms with Gasteiger partial charge >= 0.3 is 5.97 Å². The molecule has 17 heavy (non-hydrogen) atoms. The van der Waals surface area contributed by atoms with Gasteiger partial charge in [0.15, 0.2) is 17.8 Å². The van der Waals surface area contributed by atoms with Gasteiger partial charge in [0, 0.05) is 12.7 Å². The molecule has 2 heterocycles. The van der Waals surface area contributed by atoms with Gasteiger partial charge in [-0.3, -0.25) is 4.68 Å². The predicted octanol–water partition coefficient (Wildman–Crippen LogP) is 1.56. The highest BCUT2D eigenvalue weighted by Gasteiger charge is 2.22. The number of oxazole rings is 1. The van der Waals surface area contributed by atoms with Crippen LogP contribution in [0.5, 0.6) is 0 Å². The number of aromatic nitrogens is 3. The number of hydrogen-bond acceptors (Lipinski definition) is 5. The average molecular weight is 235 g/mol. The van der Waals surface area contributed by atoms with Crippen LogP contribution in [-0.2, 0) is 11.8 Å². The van der Waals surface area contributed by atoms with Gasteiger partial charge in [0.2, 0.25) is 0 Å². The molecule has 0 amide bonds. The maximum atomic E-state index is 11.6. The van der Waals surface area contributed by atoms with E-state index in [0.717, 1.165) is 11.3 Å². The lowest BCUT2D eigenvalue weighted by Gasteiger charge is -2.00. The molecule has 6 nitrogen and oxygen atoms in total. The quantitative estimate of drug-likeness (QED) is 0.755. The van der Waals surface area contributed by atoms with Crippen molar-refractivity contribution in [1.82, 2.24) is 14.8 Å². The monoisotopic (exact) mass is 235 g/mol. The van der Waals surface area contributed by atoms with Crippen molar-refractivity contribution in [3.8, 4) is 11.3 Å². The van der Waals surface area contributed by atoms with Gasteiger partial charge in [0.1, 0.15) is 0 Å². The van der Waals surface area contributed by atoms with Gasteiger partial charge in [-0.2, -0.15) is 5.10 Å². The molecule has 0 unspecified atom stereocenters. The van der Waals surface area contributed by atoms with Gasteiger partial charge in [-0.05, 0) is 13.8 Å². The number of rotatable bonds is 3. The summed E-state index contributed by atoms with van der Waals surface area (Å²) in [6, 6.07) is 0. The predicted molar refractivity (Wildman–Crippen MR) is 59.4 cm³/mol. The Hall–Kier alpha value is -2.11. The van der Waals surface area contributed by atoms with E-state index in [1.807, 2.05) is 14.0 Å². The van der Waals surface area contributed by atoms with Gasteiger partial charge in [0.05, 0.1) is 18.4 Å². The number of carbonyl (C=O) groups is 1. The summed E-state index contributed by atoms with van der Waals surface area (Å²) in [5.41, 5.74) is 1.82. The largest absolute Gasteiger partial charge is 0.461 e. The Labute approximate surface area is 98.2 Å². The lowest BCUT2D eigenvalue weighted by atomic mass is 10.2. The molecular formula is C11H13N3O3. The highest BCUT2D eigenvalue weighted by molar-refractivity contribution is 5.93. The third kappa shape index (κ3) is 1.93. The molecule has 0 saturated carbocycles. The molecule has 0 aromatic carbocycles. The molecule has 0 fully saturated rings. The summed E-state index contributed by atoms with van der Waals surface area (Å²) in [7, 11) is 1.82. The zero-order valence-corrected chi connectivity index (χ0v) is 9.93. The van der Waals surface area contributed by atoms with Crippen molar-refractivity contribution in [2.45, 2.75) is 13.8 Å². The summed E-state index contributed by atoms with van der Waals surface area (Å²) in [4.78, 5) is 15.5. The average Bonchev–Trinajstić information content (AvgIpc) is 2.88. The zero-order valence-electron chi connectivity index (χ0n) is 9.93. The van der Waals surface area contributed by atoms with Gasteiger partial charge < -0.3 is 9.15 Å². The first-order valence-electron chi connectivity index (χ1n) is 5.24. The van der Waals surface area contributed by atoms with Gasteiger partial charge in [-0.1, -0.05) is 0 Å². The van der Waals surface area contributed by atoms with E-state index >= 15 is 0 Å². The van der Waals surface area contributed by atoms with Crippen LogP contribution in [0.25, 0.3) is 11.3 Å². The van der Waals surface area contributed by atoms with Gasteiger partial charge in [0.25, 0.3) is 0 Å². The topological polar surface area (TPSA) is 70.2 Å². The van der Waals surface area contributed by atoms with Crippen LogP contribution in [0.15, 0.2) is 17.0 Å². The highest BCUT2D eigenvalue weighted by atomic mass is 16.5. The third-order valence-corrected chi connectivity index (χ3v) is 2.52. The lowest BCUT2D eigenvalue weighted by Crippen LogP contribution is -2.06. The molecule has 0 aliphatic heterocycles. The summed E-state index contributed by atoms with van der Waals surface area (Å²) in [6.45, 7) is 3.93. The van der Waals surface area contributed by atoms with E-state index in [4.69, 9.17) is 9.15 Å². The molecule has 0 saturated heterocycles. The first-order chi connectivity index (χ1) is 8.15. The second-order valence-corrected chi connectivity index (χ2v) is 3.52. The Kier molecular flexibility index (Phi) is 2.95. The Morgan fingerprint density at radius 1 is 1.59 bits per heavy atom. The van der Waals surface area contributed by atoms with Crippen molar-refractivity contribution in [2.24, 2.45) is 7.05 Å². The lowest BCUT2D eigenvalue weighted by molar-refractivity contribution is 0.0520. The Morgan fingerprint density at radius 3 is 2.94 bits per heavy atom. The molecule has 90 valence electrons. The summed E-state index contributed by atoms with van der Waals surface area (Å²) in [5.74, 6) is -0.0893. The van der Waals surface area contributed by atoms with Crippen LogP contribution in [0.1, 0.15) is 23.1 Å². The second-order valence-electron chi connectivity index (χ2n) is 3.52. The molecule has 0 radical (unpaired) electrons. The van der Waals surface area contributed by atoms with Crippen LogP contribution in [-0.4, -0.2) is 27.3 Å². The third-order valence-electron chi connectivity index (χ3n) is 2.52. The van der Waals surface area contributed by atoms with E-state index < -0.39 is 5.97 Å². The molecule has 0 aliphatic carbocycles. The molecule has 2 aromatic heterocycles. The van der Waals surface area contributed by atoms with E-state index in [-0.39, 0.29) is 5.69 Å². The van der Waals surface area contributed by atoms with Crippen molar-refractivity contribution in [3.05, 3.63) is 24.0 Å². The number of ether oxygens (including phenoxy) is 1. The minimum atomic E-state index is -0.487. The number of esters is 1. The normalized spacial score (nSPS) is 10.5. The van der Waals surface area contributed by atoms with Gasteiger partial charge in [-0.25, -0.2) is 9.78 Å². The first kappa shape index (κ1) is 11.4. The maximum Gasteiger partial charge on any atom is 0.360 e. The fourth-order valence-corrected chi connectivity index (χ4v) is 1.50. The second kappa shape index (κ2) is 4.40. The molecule has 0 N–H and O–H groups in total. The Balaban J connectivity index is 2.44. The van der Waals surface area contributed by atoms with Crippen molar-refractivity contribution in [1.29, 1.82) is 0 Å². The minimum absolute atomic E-state index is 0.183. The van der Waals surface area contributed by atoms with Crippen molar-refractivity contribution in [2.75, 3.05) is 6.61 Å². The number of nitrogens with zero attached hydrogens (tertiary/aromatic N) is 3. The Morgan fingerprint density at radius 2 is 2.35 bits per heavy atom. The molecule has 2 aromatic rings. The summed E-state index contributed by atoms with van der Waals surface area (Å²) < 4.78 is 11.9. The summed E-state index contributed by atoms with van der Waals surface area (Å²) in [5, 5.41) is 4.10. The van der Waals surface area contributed by atoms with Crippen LogP contribution in [0.4, 0.5) is 0 Å². The molecule has 0 atom stereocenters. The number of aryl methyl sites for hydroxylation is 1. The molecule has 0 spiro atoms. The van der Waals surface area contributed by atoms with Crippen molar-refractivity contribution < 1.29 is 13.9 Å². The van der Waals surface area contributed by atoms with E-state index in [9.17, 15) is 4.79 Å². The molecule has 0 bridgehead atoms. The van der Waals surface area contributed by atoms with Crippen LogP contribution >= 0.6 is 0 Å². The molecule has 2 rings (SSSR count). The standard InChI is InChI=1S/C11H13N3O3/c1-4-16-11(15)9-10(17-6-12-9)8-5-13-14(3)7(8)2/h5-6H,4H2,1-3H3. The van der Waals surface area contributed by atoms with Crippen LogP contribution in [0.2, 0.25) is 0 Å². The summed E-state index contributed by atoms with van der Waals surface area (Å²) >= 11 is 0. The first-order valence-corrected chi connectivity index (χ1v) is 5.24. The molecule has 6 heteroatoms.